The van der Waals surface area contributed by atoms with E-state index in [0.29, 0.717) is 0 Å². The monoisotopic (exact) mass is 434 g/mol. The summed E-state index contributed by atoms with van der Waals surface area (Å²) >= 11 is 0. The number of halogens is 6. The number of rotatable bonds is 6. The van der Waals surface area contributed by atoms with Crippen molar-refractivity contribution < 1.29 is 40.6 Å². The number of amides is 2. The Kier molecular flexibility index (Phi) is 7.30. The summed E-state index contributed by atoms with van der Waals surface area (Å²) in [5.74, 6) is -3.57. The number of carbonyl (C=O) groups is 1. The predicted molar refractivity (Wildman–Crippen MR) is 96.2 cm³/mol. The van der Waals surface area contributed by atoms with Gasteiger partial charge in [-0.2, -0.15) is 22.6 Å². The van der Waals surface area contributed by atoms with Crippen LogP contribution in [0.25, 0.3) is 0 Å². The van der Waals surface area contributed by atoms with Gasteiger partial charge in [-0.1, -0.05) is 18.2 Å². The van der Waals surface area contributed by atoms with Crippen LogP contribution in [0.4, 0.5) is 36.8 Å². The number of para-hydroxylation sites is 2. The Morgan fingerprint density at radius 2 is 1.63 bits per heavy atom. The van der Waals surface area contributed by atoms with E-state index in [-0.39, 0.29) is 0 Å². The van der Waals surface area contributed by atoms with Crippen molar-refractivity contribution in [2.75, 3.05) is 5.32 Å². The first kappa shape index (κ1) is 23.0. The van der Waals surface area contributed by atoms with Gasteiger partial charge in [-0.25, -0.2) is 13.6 Å². The van der Waals surface area contributed by atoms with Gasteiger partial charge in [-0.05, 0) is 38.1 Å². The lowest BCUT2D eigenvalue weighted by Crippen LogP contribution is -2.33. The second kappa shape index (κ2) is 9.51. The van der Waals surface area contributed by atoms with Gasteiger partial charge in [0.25, 0.3) is 0 Å². The molecule has 0 spiro atoms. The molecule has 162 valence electrons. The number of hydrogen-bond acceptors (Lipinski definition) is 3. The van der Waals surface area contributed by atoms with Gasteiger partial charge in [0.2, 0.25) is 5.90 Å². The van der Waals surface area contributed by atoms with Gasteiger partial charge >= 0.3 is 18.6 Å². The first-order valence-corrected chi connectivity index (χ1v) is 8.46. The lowest BCUT2D eigenvalue weighted by atomic mass is 10.2. The van der Waals surface area contributed by atoms with E-state index < -0.39 is 59.2 Å². The topological polar surface area (TPSA) is 59.9 Å². The molecule has 0 heterocycles. The molecule has 0 aromatic heterocycles. The van der Waals surface area contributed by atoms with E-state index >= 15 is 0 Å². The number of hydrogen-bond donors (Lipinski definition) is 1. The van der Waals surface area contributed by atoms with Gasteiger partial charge in [-0.3, -0.25) is 0 Å². The average molecular weight is 434 g/mol. The van der Waals surface area contributed by atoms with Crippen molar-refractivity contribution in [2.45, 2.75) is 32.5 Å². The summed E-state index contributed by atoms with van der Waals surface area (Å²) in [6.07, 6.45) is -9.56. The third-order valence-corrected chi connectivity index (χ3v) is 3.36. The van der Waals surface area contributed by atoms with Crippen LogP contribution in [0.1, 0.15) is 19.4 Å². The number of benzene rings is 2. The fraction of sp³-hybridized carbons (Fsp3) is 0.263. The van der Waals surface area contributed by atoms with Crippen LogP contribution in [0.15, 0.2) is 47.5 Å². The van der Waals surface area contributed by atoms with E-state index in [4.69, 9.17) is 4.74 Å². The Bertz CT molecular complexity index is 914. The molecular weight excluding hydrogens is 418 g/mol. The quantitative estimate of drug-likeness (QED) is 0.366. The van der Waals surface area contributed by atoms with Crippen molar-refractivity contribution in [3.8, 4) is 5.75 Å². The van der Waals surface area contributed by atoms with Crippen LogP contribution in [-0.2, 0) is 4.74 Å². The number of aliphatic imine (C=N–C) groups is 1. The van der Waals surface area contributed by atoms with Gasteiger partial charge in [0, 0.05) is 0 Å². The minimum atomic E-state index is -4.81. The van der Waals surface area contributed by atoms with Crippen molar-refractivity contribution in [1.29, 1.82) is 0 Å². The second-order valence-corrected chi connectivity index (χ2v) is 6.07. The van der Waals surface area contributed by atoms with Gasteiger partial charge in [-0.15, -0.1) is 0 Å². The maximum Gasteiger partial charge on any atom is 0.461 e. The van der Waals surface area contributed by atoms with Crippen LogP contribution in [-0.4, -0.2) is 30.6 Å². The van der Waals surface area contributed by atoms with Crippen molar-refractivity contribution in [1.82, 2.24) is 0 Å². The molecule has 2 rings (SSSR count). The standard InChI is InChI=1S/C19H16F6N2O3/c1-10(2)29-16(15-11(20)6-5-7-12(15)21)27-18(28)26-13-8-3-4-9-14(13)30-19(24,25)17(22)23/h3-10,17H,1-2H3,(H,26,28). The molecule has 0 aliphatic heterocycles. The van der Waals surface area contributed by atoms with Crippen LogP contribution in [0, 0.1) is 11.6 Å². The zero-order chi connectivity index (χ0) is 22.5. The summed E-state index contributed by atoms with van der Waals surface area (Å²) in [5, 5.41) is 2.03. The molecule has 0 aliphatic carbocycles. The molecule has 0 radical (unpaired) electrons. The summed E-state index contributed by atoms with van der Waals surface area (Å²) in [6.45, 7) is 3.03. The van der Waals surface area contributed by atoms with Crippen LogP contribution < -0.4 is 10.1 Å². The van der Waals surface area contributed by atoms with E-state index in [1.807, 2.05) is 5.32 Å². The zero-order valence-corrected chi connectivity index (χ0v) is 15.6. The number of nitrogens with one attached hydrogen (secondary N) is 1. The lowest BCUT2D eigenvalue weighted by Gasteiger charge is -2.19. The molecular formula is C19H16F6N2O3. The van der Waals surface area contributed by atoms with E-state index in [0.717, 1.165) is 30.3 Å². The van der Waals surface area contributed by atoms with Gasteiger partial charge in [0.05, 0.1) is 11.8 Å². The van der Waals surface area contributed by atoms with Crippen molar-refractivity contribution in [3.05, 3.63) is 59.7 Å². The predicted octanol–water partition coefficient (Wildman–Crippen LogP) is 5.61. The maximum atomic E-state index is 14.0. The zero-order valence-electron chi connectivity index (χ0n) is 15.6. The van der Waals surface area contributed by atoms with Gasteiger partial charge in [0.15, 0.2) is 0 Å². The second-order valence-electron chi connectivity index (χ2n) is 6.07. The lowest BCUT2D eigenvalue weighted by molar-refractivity contribution is -0.252. The van der Waals surface area contributed by atoms with Crippen molar-refractivity contribution in [3.63, 3.8) is 0 Å². The SMILES string of the molecule is CC(C)OC(=NC(=O)Nc1ccccc1OC(F)(F)C(F)F)c1c(F)cccc1F. The molecule has 0 saturated heterocycles. The molecule has 0 saturated carbocycles. The highest BCUT2D eigenvalue weighted by Gasteiger charge is 2.44. The molecule has 0 aliphatic rings. The van der Waals surface area contributed by atoms with Gasteiger partial charge < -0.3 is 14.8 Å². The molecule has 0 bridgehead atoms. The Hall–Kier alpha value is -3.24. The molecule has 2 aromatic rings. The molecule has 11 heteroatoms. The van der Waals surface area contributed by atoms with Crippen molar-refractivity contribution in [2.24, 2.45) is 4.99 Å². The fourth-order valence-electron chi connectivity index (χ4n) is 2.15. The first-order valence-electron chi connectivity index (χ1n) is 8.46. The Morgan fingerprint density at radius 3 is 2.20 bits per heavy atom. The van der Waals surface area contributed by atoms with Crippen LogP contribution >= 0.6 is 0 Å². The molecule has 2 aromatic carbocycles. The fourth-order valence-corrected chi connectivity index (χ4v) is 2.15. The molecule has 0 fully saturated rings. The number of urea groups is 1. The number of ether oxygens (including phenoxy) is 2. The van der Waals surface area contributed by atoms with Crippen molar-refractivity contribution >= 4 is 17.6 Å². The van der Waals surface area contributed by atoms with Crippen LogP contribution in [0.2, 0.25) is 0 Å². The van der Waals surface area contributed by atoms with E-state index in [1.165, 1.54) is 26.0 Å². The third kappa shape index (κ3) is 5.88. The first-order chi connectivity index (χ1) is 14.0. The Morgan fingerprint density at radius 1 is 1.03 bits per heavy atom. The highest BCUT2D eigenvalue weighted by atomic mass is 19.3. The smallest absolute Gasteiger partial charge is 0.461 e. The summed E-state index contributed by atoms with van der Waals surface area (Å²) in [5.41, 5.74) is -1.14. The number of nitrogens with zero attached hydrogens (tertiary/aromatic N) is 1. The van der Waals surface area contributed by atoms with Crippen LogP contribution in [0.5, 0.6) is 5.75 Å². The number of carbonyl (C=O) groups excluding carboxylic acids is 1. The number of alkyl halides is 4. The molecule has 1 N–H and O–H groups in total. The van der Waals surface area contributed by atoms with Crippen LogP contribution in [0.3, 0.4) is 0 Å². The highest BCUT2D eigenvalue weighted by Crippen LogP contribution is 2.32. The molecule has 5 nitrogen and oxygen atoms in total. The summed E-state index contributed by atoms with van der Waals surface area (Å²) in [4.78, 5) is 15.7. The Balaban J connectivity index is 2.35. The van der Waals surface area contributed by atoms with E-state index in [9.17, 15) is 31.1 Å². The van der Waals surface area contributed by atoms with E-state index in [1.54, 1.807) is 0 Å². The largest absolute Gasteiger partial charge is 0.474 e. The molecule has 30 heavy (non-hydrogen) atoms. The highest BCUT2D eigenvalue weighted by molar-refractivity contribution is 6.05. The summed E-state index contributed by atoms with van der Waals surface area (Å²) in [7, 11) is 0. The van der Waals surface area contributed by atoms with E-state index in [2.05, 4.69) is 9.73 Å². The Labute approximate surface area is 167 Å². The molecule has 2 amide bonds. The van der Waals surface area contributed by atoms with Gasteiger partial charge in [0.1, 0.15) is 22.9 Å². The molecule has 0 atom stereocenters. The minimum Gasteiger partial charge on any atom is -0.474 e. The summed E-state index contributed by atoms with van der Waals surface area (Å²) in [6, 6.07) is 6.17. The molecule has 0 unspecified atom stereocenters. The average Bonchev–Trinajstić information content (AvgIpc) is 2.62. The summed E-state index contributed by atoms with van der Waals surface area (Å²) < 4.78 is 88.4. The maximum absolute atomic E-state index is 14.0. The minimum absolute atomic E-state index is 0.426. The normalized spacial score (nSPS) is 12.3. The third-order valence-electron chi connectivity index (χ3n) is 3.36. The number of anilines is 1.